The molecule has 2 heterocycles. The molecule has 0 radical (unpaired) electrons. The number of carbonyl (C=O) groups is 2. The molecule has 2 aliphatic rings. The summed E-state index contributed by atoms with van der Waals surface area (Å²) in [7, 11) is 0. The van der Waals surface area contributed by atoms with Gasteiger partial charge in [0.2, 0.25) is 11.8 Å². The van der Waals surface area contributed by atoms with Gasteiger partial charge in [-0.05, 0) is 31.9 Å². The molecule has 2 fully saturated rings. The lowest BCUT2D eigenvalue weighted by Crippen LogP contribution is -2.44. The molecule has 1 atom stereocenters. The van der Waals surface area contributed by atoms with E-state index in [0.717, 1.165) is 6.42 Å². The van der Waals surface area contributed by atoms with Crippen molar-refractivity contribution in [2.75, 3.05) is 18.0 Å². The van der Waals surface area contributed by atoms with Crippen LogP contribution in [0.15, 0.2) is 18.2 Å². The van der Waals surface area contributed by atoms with Crippen molar-refractivity contribution < 1.29 is 14.0 Å². The molecule has 1 aromatic rings. The minimum absolute atomic E-state index is 0.0254. The highest BCUT2D eigenvalue weighted by Crippen LogP contribution is 2.29. The number of nitrogens with zero attached hydrogens (tertiary/aromatic N) is 2. The summed E-state index contributed by atoms with van der Waals surface area (Å²) in [5.74, 6) is -0.381. The highest BCUT2D eigenvalue weighted by Gasteiger charge is 2.40. The average Bonchev–Trinajstić information content (AvgIpc) is 2.88. The maximum atomic E-state index is 13.7. The SMILES string of the molecule is Cc1c(F)cccc1N1CCC(=O)N2CCCC2C1=O. The maximum absolute atomic E-state index is 13.7. The quantitative estimate of drug-likeness (QED) is 0.785. The smallest absolute Gasteiger partial charge is 0.249 e. The number of hydrogen-bond acceptors (Lipinski definition) is 2. The molecule has 4 nitrogen and oxygen atoms in total. The summed E-state index contributed by atoms with van der Waals surface area (Å²) in [6.07, 6.45) is 1.87. The van der Waals surface area contributed by atoms with Crippen LogP contribution in [0.3, 0.4) is 0 Å². The van der Waals surface area contributed by atoms with E-state index in [0.29, 0.717) is 37.2 Å². The van der Waals surface area contributed by atoms with Gasteiger partial charge in [0.25, 0.3) is 0 Å². The second-order valence-electron chi connectivity index (χ2n) is 5.37. The van der Waals surface area contributed by atoms with E-state index in [4.69, 9.17) is 0 Å². The zero-order valence-corrected chi connectivity index (χ0v) is 11.4. The molecule has 0 saturated carbocycles. The summed E-state index contributed by atoms with van der Waals surface area (Å²) in [4.78, 5) is 27.9. The first-order valence-corrected chi connectivity index (χ1v) is 6.95. The Morgan fingerprint density at radius 3 is 2.85 bits per heavy atom. The third-order valence-electron chi connectivity index (χ3n) is 4.20. The molecule has 0 spiro atoms. The Labute approximate surface area is 117 Å². The van der Waals surface area contributed by atoms with E-state index >= 15 is 0 Å². The van der Waals surface area contributed by atoms with Crippen molar-refractivity contribution in [3.8, 4) is 0 Å². The minimum Gasteiger partial charge on any atom is -0.331 e. The summed E-state index contributed by atoms with van der Waals surface area (Å²) in [6, 6.07) is 4.36. The molecular formula is C15H17FN2O2. The van der Waals surface area contributed by atoms with Crippen LogP contribution in [0, 0.1) is 12.7 Å². The molecule has 0 bridgehead atoms. The van der Waals surface area contributed by atoms with Crippen LogP contribution in [0.2, 0.25) is 0 Å². The van der Waals surface area contributed by atoms with Gasteiger partial charge in [0.15, 0.2) is 0 Å². The molecule has 1 unspecified atom stereocenters. The molecule has 1 aromatic carbocycles. The molecule has 3 rings (SSSR count). The van der Waals surface area contributed by atoms with Gasteiger partial charge in [-0.2, -0.15) is 0 Å². The van der Waals surface area contributed by atoms with E-state index < -0.39 is 0 Å². The second kappa shape index (κ2) is 4.89. The van der Waals surface area contributed by atoms with Crippen molar-refractivity contribution >= 4 is 17.5 Å². The predicted octanol–water partition coefficient (Wildman–Crippen LogP) is 1.86. The highest BCUT2D eigenvalue weighted by atomic mass is 19.1. The summed E-state index contributed by atoms with van der Waals surface area (Å²) < 4.78 is 13.7. The molecule has 0 N–H and O–H groups in total. The Morgan fingerprint density at radius 1 is 1.25 bits per heavy atom. The Balaban J connectivity index is 1.99. The maximum Gasteiger partial charge on any atom is 0.249 e. The Morgan fingerprint density at radius 2 is 2.05 bits per heavy atom. The van der Waals surface area contributed by atoms with Crippen molar-refractivity contribution in [2.24, 2.45) is 0 Å². The fraction of sp³-hybridized carbons (Fsp3) is 0.467. The largest absolute Gasteiger partial charge is 0.331 e. The van der Waals surface area contributed by atoms with Crippen LogP contribution in [0.1, 0.15) is 24.8 Å². The first kappa shape index (κ1) is 13.1. The van der Waals surface area contributed by atoms with Crippen molar-refractivity contribution in [3.05, 3.63) is 29.6 Å². The van der Waals surface area contributed by atoms with Crippen LogP contribution in [0.25, 0.3) is 0 Å². The van der Waals surface area contributed by atoms with E-state index in [1.807, 2.05) is 0 Å². The van der Waals surface area contributed by atoms with Crippen molar-refractivity contribution in [1.82, 2.24) is 4.90 Å². The molecule has 2 amide bonds. The zero-order chi connectivity index (χ0) is 14.3. The van der Waals surface area contributed by atoms with Gasteiger partial charge >= 0.3 is 0 Å². The average molecular weight is 276 g/mol. The van der Waals surface area contributed by atoms with Crippen LogP contribution in [0.5, 0.6) is 0 Å². The van der Waals surface area contributed by atoms with Gasteiger partial charge in [-0.1, -0.05) is 6.07 Å². The van der Waals surface area contributed by atoms with E-state index in [1.54, 1.807) is 28.9 Å². The van der Waals surface area contributed by atoms with Gasteiger partial charge in [0.1, 0.15) is 11.9 Å². The van der Waals surface area contributed by atoms with Gasteiger partial charge in [-0.15, -0.1) is 0 Å². The van der Waals surface area contributed by atoms with Gasteiger partial charge in [-0.25, -0.2) is 4.39 Å². The Kier molecular flexibility index (Phi) is 3.20. The van der Waals surface area contributed by atoms with Crippen LogP contribution >= 0.6 is 0 Å². The molecule has 2 saturated heterocycles. The summed E-state index contributed by atoms with van der Waals surface area (Å²) in [5, 5.41) is 0. The lowest BCUT2D eigenvalue weighted by atomic mass is 10.1. The standard InChI is InChI=1S/C15H17FN2O2/c1-10-11(16)4-2-5-12(10)18-9-7-14(19)17-8-3-6-13(17)15(18)20/h2,4-5,13H,3,6-9H2,1H3. The second-order valence-corrected chi connectivity index (χ2v) is 5.37. The van der Waals surface area contributed by atoms with Crippen LogP contribution in [0.4, 0.5) is 10.1 Å². The Hall–Kier alpha value is -1.91. The number of hydrogen-bond donors (Lipinski definition) is 0. The molecule has 0 aromatic heterocycles. The predicted molar refractivity (Wildman–Crippen MR) is 72.8 cm³/mol. The number of anilines is 1. The number of halogens is 1. The normalized spacial score (nSPS) is 23.0. The van der Waals surface area contributed by atoms with Crippen LogP contribution in [-0.4, -0.2) is 35.8 Å². The van der Waals surface area contributed by atoms with Crippen molar-refractivity contribution in [3.63, 3.8) is 0 Å². The third-order valence-corrected chi connectivity index (χ3v) is 4.20. The van der Waals surface area contributed by atoms with E-state index in [1.165, 1.54) is 6.07 Å². The zero-order valence-electron chi connectivity index (χ0n) is 11.4. The van der Waals surface area contributed by atoms with Crippen molar-refractivity contribution in [1.29, 1.82) is 0 Å². The molecule has 5 heteroatoms. The first-order chi connectivity index (χ1) is 9.59. The number of rotatable bonds is 1. The van der Waals surface area contributed by atoms with E-state index in [9.17, 15) is 14.0 Å². The lowest BCUT2D eigenvalue weighted by molar-refractivity contribution is -0.135. The Bertz CT molecular complexity index is 573. The molecule has 0 aliphatic carbocycles. The lowest BCUT2D eigenvalue weighted by Gasteiger charge is -2.26. The number of amides is 2. The molecule has 106 valence electrons. The summed E-state index contributed by atoms with van der Waals surface area (Å²) in [5.41, 5.74) is 1.04. The minimum atomic E-state index is -0.368. The van der Waals surface area contributed by atoms with Gasteiger partial charge < -0.3 is 9.80 Å². The third kappa shape index (κ3) is 1.97. The molecular weight excluding hydrogens is 259 g/mol. The first-order valence-electron chi connectivity index (χ1n) is 6.95. The number of benzene rings is 1. The summed E-state index contributed by atoms with van der Waals surface area (Å²) in [6.45, 7) is 2.65. The summed E-state index contributed by atoms with van der Waals surface area (Å²) >= 11 is 0. The fourth-order valence-electron chi connectivity index (χ4n) is 3.09. The van der Waals surface area contributed by atoms with Crippen molar-refractivity contribution in [2.45, 2.75) is 32.2 Å². The van der Waals surface area contributed by atoms with Crippen LogP contribution in [-0.2, 0) is 9.59 Å². The highest BCUT2D eigenvalue weighted by molar-refractivity contribution is 6.02. The monoisotopic (exact) mass is 276 g/mol. The van der Waals surface area contributed by atoms with E-state index in [-0.39, 0.29) is 23.7 Å². The topological polar surface area (TPSA) is 40.6 Å². The number of carbonyl (C=O) groups excluding carboxylic acids is 2. The van der Waals surface area contributed by atoms with Gasteiger partial charge in [0, 0.05) is 30.8 Å². The molecule has 2 aliphatic heterocycles. The molecule has 20 heavy (non-hydrogen) atoms. The fourth-order valence-corrected chi connectivity index (χ4v) is 3.09. The van der Waals surface area contributed by atoms with Gasteiger partial charge in [-0.3, -0.25) is 9.59 Å². The number of fused-ring (bicyclic) bond motifs is 1. The van der Waals surface area contributed by atoms with Crippen LogP contribution < -0.4 is 4.90 Å². The van der Waals surface area contributed by atoms with E-state index in [2.05, 4.69) is 0 Å². The van der Waals surface area contributed by atoms with Gasteiger partial charge in [0.05, 0.1) is 0 Å².